The van der Waals surface area contributed by atoms with Crippen LogP contribution in [-0.2, 0) is 38.7 Å². The molecule has 0 aromatic rings. The summed E-state index contributed by atoms with van der Waals surface area (Å²) in [5, 5.41) is 8.66. The molecule has 1 atom stereocenters. The zero-order chi connectivity index (χ0) is 15.1. The van der Waals surface area contributed by atoms with E-state index in [2.05, 4.69) is 13.1 Å². The second-order valence-electron chi connectivity index (χ2n) is 2.99. The normalized spacial score (nSPS) is 14.2. The van der Waals surface area contributed by atoms with E-state index < -0.39 is 59.1 Å². The lowest BCUT2D eigenvalue weighted by Crippen LogP contribution is -2.28. The number of carboxylic acid groups (broad SMARTS) is 1. The summed E-state index contributed by atoms with van der Waals surface area (Å²) < 4.78 is 69.5. The Morgan fingerprint density at radius 1 is 0.947 bits per heavy atom. The predicted octanol–water partition coefficient (Wildman–Crippen LogP) is -1.51. The van der Waals surface area contributed by atoms with Crippen molar-refractivity contribution < 1.29 is 48.9 Å². The Morgan fingerprint density at radius 2 is 1.42 bits per heavy atom. The van der Waals surface area contributed by atoms with E-state index >= 15 is 0 Å². The van der Waals surface area contributed by atoms with E-state index in [4.69, 9.17) is 14.2 Å². The Labute approximate surface area is 109 Å². The van der Waals surface area contributed by atoms with Crippen molar-refractivity contribution in [2.45, 2.75) is 12.5 Å². The molecule has 19 heavy (non-hydrogen) atoms. The molecule has 0 bridgehead atoms. The third-order valence-electron chi connectivity index (χ3n) is 1.52. The molecule has 0 rings (SSSR count). The van der Waals surface area contributed by atoms with E-state index in [0.717, 1.165) is 0 Å². The fraction of sp³-hybridized carbons (Fsp3) is 0.833. The van der Waals surface area contributed by atoms with Gasteiger partial charge in [0.15, 0.2) is 6.10 Å². The number of ether oxygens (including phenoxy) is 1. The fourth-order valence-corrected chi connectivity index (χ4v) is 1.45. The van der Waals surface area contributed by atoms with E-state index in [1.807, 2.05) is 0 Å². The molecule has 11 nitrogen and oxygen atoms in total. The van der Waals surface area contributed by atoms with Gasteiger partial charge in [-0.25, -0.2) is 13.2 Å². The van der Waals surface area contributed by atoms with Gasteiger partial charge in [-0.15, -0.1) is 0 Å². The minimum Gasteiger partial charge on any atom is -0.479 e. The highest BCUT2D eigenvalue weighted by atomic mass is 32.3. The molecule has 114 valence electrons. The summed E-state index contributed by atoms with van der Waals surface area (Å²) in [6.07, 6.45) is -1.91. The van der Waals surface area contributed by atoms with E-state index in [0.29, 0.717) is 0 Å². The molecule has 0 saturated heterocycles. The van der Waals surface area contributed by atoms with Crippen LogP contribution in [0.1, 0.15) is 6.42 Å². The van der Waals surface area contributed by atoms with Crippen molar-refractivity contribution in [1.82, 2.24) is 0 Å². The summed E-state index contributed by atoms with van der Waals surface area (Å²) in [6, 6.07) is 0. The molecule has 3 N–H and O–H groups in total. The molecule has 0 heterocycles. The molecule has 0 aliphatic rings. The zero-order valence-corrected chi connectivity index (χ0v) is 11.0. The zero-order valence-electron chi connectivity index (χ0n) is 9.33. The molecule has 0 radical (unpaired) electrons. The second kappa shape index (κ2) is 7.68. The minimum absolute atomic E-state index is 0.416. The van der Waals surface area contributed by atoms with Crippen LogP contribution < -0.4 is 0 Å². The first-order valence-electron chi connectivity index (χ1n) is 4.59. The van der Waals surface area contributed by atoms with E-state index in [9.17, 15) is 21.6 Å². The third-order valence-corrected chi connectivity index (χ3v) is 2.45. The van der Waals surface area contributed by atoms with Crippen molar-refractivity contribution in [3.8, 4) is 0 Å². The van der Waals surface area contributed by atoms with Crippen molar-refractivity contribution in [1.29, 1.82) is 0 Å². The third kappa shape index (κ3) is 12.0. The van der Waals surface area contributed by atoms with Crippen LogP contribution in [0.25, 0.3) is 0 Å². The number of carboxylic acids is 1. The molecule has 0 aliphatic heterocycles. The fourth-order valence-electron chi connectivity index (χ4n) is 0.868. The van der Waals surface area contributed by atoms with Gasteiger partial charge in [0, 0.05) is 6.42 Å². The van der Waals surface area contributed by atoms with Crippen LogP contribution in [0.3, 0.4) is 0 Å². The molecule has 13 heteroatoms. The van der Waals surface area contributed by atoms with Crippen LogP contribution in [0.4, 0.5) is 0 Å². The highest BCUT2D eigenvalue weighted by Gasteiger charge is 2.19. The van der Waals surface area contributed by atoms with Gasteiger partial charge in [-0.2, -0.15) is 16.8 Å². The Morgan fingerprint density at radius 3 is 1.84 bits per heavy atom. The number of hydrogen-bond donors (Lipinski definition) is 3. The lowest BCUT2D eigenvalue weighted by Gasteiger charge is -2.12. The van der Waals surface area contributed by atoms with Crippen molar-refractivity contribution in [3.05, 3.63) is 0 Å². The van der Waals surface area contributed by atoms with Crippen LogP contribution in [-0.4, -0.2) is 62.9 Å². The SMILES string of the molecule is O=C(O)C(CCOS(=O)(=O)O)OCCOS(=O)(=O)O. The van der Waals surface area contributed by atoms with Crippen molar-refractivity contribution in [3.63, 3.8) is 0 Å². The molecule has 0 spiro atoms. The summed E-state index contributed by atoms with van der Waals surface area (Å²) in [4.78, 5) is 10.6. The van der Waals surface area contributed by atoms with Gasteiger partial charge in [0.1, 0.15) is 0 Å². The van der Waals surface area contributed by atoms with Crippen LogP contribution in [0.15, 0.2) is 0 Å². The van der Waals surface area contributed by atoms with Crippen molar-refractivity contribution in [2.24, 2.45) is 0 Å². The first-order chi connectivity index (χ1) is 8.51. The maximum absolute atomic E-state index is 10.6. The molecular weight excluding hydrogens is 312 g/mol. The van der Waals surface area contributed by atoms with Crippen LogP contribution in [0, 0.1) is 0 Å². The van der Waals surface area contributed by atoms with Crippen molar-refractivity contribution in [2.75, 3.05) is 19.8 Å². The maximum Gasteiger partial charge on any atom is 0.397 e. The first kappa shape index (κ1) is 18.2. The molecular formula is C6H12O11S2. The summed E-state index contributed by atoms with van der Waals surface area (Å²) in [5.74, 6) is -1.45. The van der Waals surface area contributed by atoms with Crippen LogP contribution in [0.2, 0.25) is 0 Å². The minimum atomic E-state index is -4.68. The predicted molar refractivity (Wildman–Crippen MR) is 57.0 cm³/mol. The molecule has 0 aromatic carbocycles. The number of hydrogen-bond acceptors (Lipinski definition) is 8. The molecule has 0 amide bonds. The van der Waals surface area contributed by atoms with Gasteiger partial charge in [-0.3, -0.25) is 9.11 Å². The summed E-state index contributed by atoms with van der Waals surface area (Å²) in [5.41, 5.74) is 0. The number of rotatable bonds is 10. The van der Waals surface area contributed by atoms with Gasteiger partial charge in [0.2, 0.25) is 0 Å². The Balaban J connectivity index is 4.04. The maximum atomic E-state index is 10.6. The van der Waals surface area contributed by atoms with Crippen LogP contribution in [0.5, 0.6) is 0 Å². The molecule has 0 aromatic heterocycles. The highest BCUT2D eigenvalue weighted by Crippen LogP contribution is 2.02. The quantitative estimate of drug-likeness (QED) is 0.314. The Kier molecular flexibility index (Phi) is 7.35. The largest absolute Gasteiger partial charge is 0.479 e. The van der Waals surface area contributed by atoms with Crippen LogP contribution >= 0.6 is 0 Å². The van der Waals surface area contributed by atoms with Crippen molar-refractivity contribution >= 4 is 26.8 Å². The average Bonchev–Trinajstić information content (AvgIpc) is 2.17. The second-order valence-corrected chi connectivity index (χ2v) is 5.17. The summed E-state index contributed by atoms with van der Waals surface area (Å²) in [6.45, 7) is -1.75. The average molecular weight is 324 g/mol. The molecule has 0 fully saturated rings. The van der Waals surface area contributed by atoms with E-state index in [1.165, 1.54) is 0 Å². The molecule has 1 unspecified atom stereocenters. The van der Waals surface area contributed by atoms with E-state index in [-0.39, 0.29) is 0 Å². The van der Waals surface area contributed by atoms with Gasteiger partial charge in [-0.05, 0) is 0 Å². The monoisotopic (exact) mass is 324 g/mol. The van der Waals surface area contributed by atoms with Gasteiger partial charge < -0.3 is 9.84 Å². The number of carbonyl (C=O) groups is 1. The lowest BCUT2D eigenvalue weighted by atomic mass is 10.3. The van der Waals surface area contributed by atoms with E-state index in [1.54, 1.807) is 0 Å². The standard InChI is InChI=1S/C6H12O11S2/c7-6(8)5(1-2-16-18(9,10)11)15-3-4-17-19(12,13)14/h5H,1-4H2,(H,7,8)(H,9,10,11)(H,12,13,14). The van der Waals surface area contributed by atoms with Gasteiger partial charge in [0.25, 0.3) is 0 Å². The summed E-state index contributed by atoms with van der Waals surface area (Å²) in [7, 11) is -9.32. The van der Waals surface area contributed by atoms with Gasteiger partial charge >= 0.3 is 26.8 Å². The number of aliphatic carboxylic acids is 1. The summed E-state index contributed by atoms with van der Waals surface area (Å²) >= 11 is 0. The molecule has 0 aliphatic carbocycles. The Hall–Kier alpha value is -0.830. The van der Waals surface area contributed by atoms with Gasteiger partial charge in [-0.1, -0.05) is 0 Å². The Bertz CT molecular complexity index is 477. The lowest BCUT2D eigenvalue weighted by molar-refractivity contribution is -0.151. The smallest absolute Gasteiger partial charge is 0.397 e. The first-order valence-corrected chi connectivity index (χ1v) is 7.32. The van der Waals surface area contributed by atoms with Gasteiger partial charge in [0.05, 0.1) is 19.8 Å². The molecule has 0 saturated carbocycles. The topological polar surface area (TPSA) is 174 Å². The highest BCUT2D eigenvalue weighted by molar-refractivity contribution is 7.81.